The Balaban J connectivity index is 1.87. The first-order chi connectivity index (χ1) is 9.92. The number of hydrogen-bond donors (Lipinski definition) is 2. The molecule has 2 fully saturated rings. The van der Waals surface area contributed by atoms with Crippen molar-refractivity contribution in [2.45, 2.75) is 70.9 Å². The van der Waals surface area contributed by atoms with E-state index in [1.54, 1.807) is 0 Å². The maximum Gasteiger partial charge on any atom is 0.240 e. The molecule has 1 atom stereocenters. The third-order valence-corrected chi connectivity index (χ3v) is 5.48. The maximum absolute atomic E-state index is 12.4. The molecule has 0 aromatic rings. The Labute approximate surface area is 129 Å². The average Bonchev–Trinajstić information content (AvgIpc) is 2.88. The standard InChI is InChI=1S/C17H33N3O/c1-13(2)15(20-10-6-14(3)7-11-20)12-19-16(21)17(18)8-4-5-9-17/h13-15H,4-12,18H2,1-3H3,(H,19,21). The lowest BCUT2D eigenvalue weighted by molar-refractivity contribution is -0.126. The van der Waals surface area contributed by atoms with Crippen LogP contribution in [0.4, 0.5) is 0 Å². The van der Waals surface area contributed by atoms with Gasteiger partial charge in [0.15, 0.2) is 0 Å². The van der Waals surface area contributed by atoms with E-state index in [0.717, 1.165) is 51.2 Å². The van der Waals surface area contributed by atoms with Crippen molar-refractivity contribution >= 4 is 5.91 Å². The molecule has 1 saturated heterocycles. The minimum Gasteiger partial charge on any atom is -0.353 e. The lowest BCUT2D eigenvalue weighted by atomic mass is 9.93. The predicted octanol–water partition coefficient (Wildman–Crippen LogP) is 2.13. The number of rotatable bonds is 5. The maximum atomic E-state index is 12.4. The summed E-state index contributed by atoms with van der Waals surface area (Å²) in [6, 6.07) is 0.437. The molecule has 0 radical (unpaired) electrons. The van der Waals surface area contributed by atoms with Crippen LogP contribution in [0.15, 0.2) is 0 Å². The second-order valence-electron chi connectivity index (χ2n) is 7.60. The zero-order valence-corrected chi connectivity index (χ0v) is 14.0. The number of amides is 1. The van der Waals surface area contributed by atoms with Crippen LogP contribution in [0.5, 0.6) is 0 Å². The molecule has 0 aromatic carbocycles. The summed E-state index contributed by atoms with van der Waals surface area (Å²) in [6.45, 7) is 9.90. The summed E-state index contributed by atoms with van der Waals surface area (Å²) in [4.78, 5) is 14.9. The summed E-state index contributed by atoms with van der Waals surface area (Å²) in [5.41, 5.74) is 5.64. The van der Waals surface area contributed by atoms with E-state index in [2.05, 4.69) is 31.0 Å². The highest BCUT2D eigenvalue weighted by Crippen LogP contribution is 2.27. The molecule has 4 nitrogen and oxygen atoms in total. The molecule has 2 rings (SSSR count). The molecule has 1 heterocycles. The first-order valence-electron chi connectivity index (χ1n) is 8.73. The van der Waals surface area contributed by atoms with Crippen LogP contribution >= 0.6 is 0 Å². The van der Waals surface area contributed by atoms with Crippen LogP contribution in [0.1, 0.15) is 59.3 Å². The van der Waals surface area contributed by atoms with E-state index in [-0.39, 0.29) is 5.91 Å². The van der Waals surface area contributed by atoms with Gasteiger partial charge in [-0.1, -0.05) is 33.6 Å². The lowest BCUT2D eigenvalue weighted by Gasteiger charge is -2.39. The average molecular weight is 295 g/mol. The number of nitrogens with two attached hydrogens (primary N) is 1. The summed E-state index contributed by atoms with van der Waals surface area (Å²) in [7, 11) is 0. The molecule has 2 aliphatic rings. The van der Waals surface area contributed by atoms with Gasteiger partial charge in [0.2, 0.25) is 5.91 Å². The van der Waals surface area contributed by atoms with Gasteiger partial charge < -0.3 is 11.1 Å². The van der Waals surface area contributed by atoms with E-state index < -0.39 is 5.54 Å². The largest absolute Gasteiger partial charge is 0.353 e. The van der Waals surface area contributed by atoms with E-state index in [9.17, 15) is 4.79 Å². The van der Waals surface area contributed by atoms with Crippen molar-refractivity contribution in [3.63, 3.8) is 0 Å². The zero-order chi connectivity index (χ0) is 15.5. The van der Waals surface area contributed by atoms with Gasteiger partial charge in [-0.05, 0) is 50.6 Å². The van der Waals surface area contributed by atoms with Gasteiger partial charge in [-0.25, -0.2) is 0 Å². The number of likely N-dealkylation sites (tertiary alicyclic amines) is 1. The highest BCUT2D eigenvalue weighted by Gasteiger charge is 2.37. The fourth-order valence-electron chi connectivity index (χ4n) is 3.75. The van der Waals surface area contributed by atoms with Gasteiger partial charge in [0.25, 0.3) is 0 Å². The second kappa shape index (κ2) is 7.10. The summed E-state index contributed by atoms with van der Waals surface area (Å²) in [5, 5.41) is 3.15. The van der Waals surface area contributed by atoms with E-state index in [1.165, 1.54) is 12.8 Å². The molecular formula is C17H33N3O. The summed E-state index contributed by atoms with van der Waals surface area (Å²) < 4.78 is 0. The fourth-order valence-corrected chi connectivity index (χ4v) is 3.75. The van der Waals surface area contributed by atoms with Gasteiger partial charge in [0.05, 0.1) is 5.54 Å². The first kappa shape index (κ1) is 16.8. The van der Waals surface area contributed by atoms with Crippen LogP contribution in [0.25, 0.3) is 0 Å². The second-order valence-corrected chi connectivity index (χ2v) is 7.60. The van der Waals surface area contributed by atoms with Crippen molar-refractivity contribution in [1.29, 1.82) is 0 Å². The van der Waals surface area contributed by atoms with E-state index in [4.69, 9.17) is 5.73 Å². The van der Waals surface area contributed by atoms with Gasteiger partial charge in [-0.2, -0.15) is 0 Å². The first-order valence-corrected chi connectivity index (χ1v) is 8.73. The SMILES string of the molecule is CC1CCN(C(CNC(=O)C2(N)CCCC2)C(C)C)CC1. The van der Waals surface area contributed by atoms with Crippen LogP contribution in [0.2, 0.25) is 0 Å². The van der Waals surface area contributed by atoms with Crippen LogP contribution in [0, 0.1) is 11.8 Å². The van der Waals surface area contributed by atoms with E-state index in [0.29, 0.717) is 12.0 Å². The van der Waals surface area contributed by atoms with Gasteiger partial charge in [-0.3, -0.25) is 9.69 Å². The molecule has 4 heteroatoms. The van der Waals surface area contributed by atoms with Crippen LogP contribution in [-0.4, -0.2) is 42.0 Å². The Morgan fingerprint density at radius 1 is 1.29 bits per heavy atom. The molecule has 1 saturated carbocycles. The van der Waals surface area contributed by atoms with Crippen molar-refractivity contribution in [2.24, 2.45) is 17.6 Å². The molecule has 21 heavy (non-hydrogen) atoms. The van der Waals surface area contributed by atoms with Gasteiger partial charge >= 0.3 is 0 Å². The summed E-state index contributed by atoms with van der Waals surface area (Å²) in [5.74, 6) is 1.46. The lowest BCUT2D eigenvalue weighted by Crippen LogP contribution is -2.56. The minimum absolute atomic E-state index is 0.0658. The van der Waals surface area contributed by atoms with Crippen molar-refractivity contribution in [1.82, 2.24) is 10.2 Å². The number of hydrogen-bond acceptors (Lipinski definition) is 3. The normalized spacial score (nSPS) is 25.2. The Morgan fingerprint density at radius 3 is 2.38 bits per heavy atom. The van der Waals surface area contributed by atoms with Gasteiger partial charge in [-0.15, -0.1) is 0 Å². The van der Waals surface area contributed by atoms with Crippen molar-refractivity contribution in [3.05, 3.63) is 0 Å². The third kappa shape index (κ3) is 4.19. The number of carbonyl (C=O) groups excluding carboxylic acids is 1. The monoisotopic (exact) mass is 295 g/mol. The fraction of sp³-hybridized carbons (Fsp3) is 0.941. The molecule has 0 bridgehead atoms. The molecule has 1 aliphatic heterocycles. The van der Waals surface area contributed by atoms with Crippen molar-refractivity contribution in [2.75, 3.05) is 19.6 Å². The molecule has 0 aromatic heterocycles. The summed E-state index contributed by atoms with van der Waals surface area (Å²) in [6.07, 6.45) is 6.40. The highest BCUT2D eigenvalue weighted by molar-refractivity contribution is 5.86. The molecule has 1 amide bonds. The number of nitrogens with one attached hydrogen (secondary N) is 1. The predicted molar refractivity (Wildman–Crippen MR) is 87.0 cm³/mol. The molecule has 1 aliphatic carbocycles. The van der Waals surface area contributed by atoms with Crippen LogP contribution < -0.4 is 11.1 Å². The van der Waals surface area contributed by atoms with E-state index >= 15 is 0 Å². The Morgan fingerprint density at radius 2 is 1.86 bits per heavy atom. The van der Waals surface area contributed by atoms with E-state index in [1.807, 2.05) is 0 Å². The summed E-state index contributed by atoms with van der Waals surface area (Å²) >= 11 is 0. The smallest absolute Gasteiger partial charge is 0.240 e. The van der Waals surface area contributed by atoms with Crippen LogP contribution in [-0.2, 0) is 4.79 Å². The Hall–Kier alpha value is -0.610. The topological polar surface area (TPSA) is 58.4 Å². The number of carbonyl (C=O) groups is 1. The molecular weight excluding hydrogens is 262 g/mol. The number of piperidine rings is 1. The van der Waals surface area contributed by atoms with Crippen LogP contribution in [0.3, 0.4) is 0 Å². The Kier molecular flexibility index (Phi) is 5.67. The van der Waals surface area contributed by atoms with Crippen molar-refractivity contribution in [3.8, 4) is 0 Å². The molecule has 122 valence electrons. The molecule has 3 N–H and O–H groups in total. The Bertz CT molecular complexity index is 342. The number of nitrogens with zero attached hydrogens (tertiary/aromatic N) is 1. The quantitative estimate of drug-likeness (QED) is 0.817. The highest BCUT2D eigenvalue weighted by atomic mass is 16.2. The zero-order valence-electron chi connectivity index (χ0n) is 14.0. The minimum atomic E-state index is -0.599. The molecule has 0 spiro atoms. The van der Waals surface area contributed by atoms with Gasteiger partial charge in [0.1, 0.15) is 0 Å². The van der Waals surface area contributed by atoms with Crippen molar-refractivity contribution < 1.29 is 4.79 Å². The van der Waals surface area contributed by atoms with Gasteiger partial charge in [0, 0.05) is 12.6 Å². The third-order valence-electron chi connectivity index (χ3n) is 5.48. The molecule has 1 unspecified atom stereocenters.